The number of ether oxygens (including phenoxy) is 1. The average Bonchev–Trinajstić information content (AvgIpc) is 3.46. The fourth-order valence-electron chi connectivity index (χ4n) is 4.99. The zero-order valence-electron chi connectivity index (χ0n) is 18.9. The second-order valence-corrected chi connectivity index (χ2v) is 9.61. The molecule has 3 N–H and O–H groups in total. The lowest BCUT2D eigenvalue weighted by Gasteiger charge is -2.25. The molecule has 1 unspecified atom stereocenters. The van der Waals surface area contributed by atoms with Gasteiger partial charge in [-0.05, 0) is 53.3 Å². The Balaban J connectivity index is 1.29. The molecule has 7 nitrogen and oxygen atoms in total. The van der Waals surface area contributed by atoms with Crippen LogP contribution >= 0.6 is 15.9 Å². The molecule has 1 aliphatic carbocycles. The molecule has 8 heteroatoms. The van der Waals surface area contributed by atoms with E-state index in [1.807, 2.05) is 24.3 Å². The van der Waals surface area contributed by atoms with Crippen LogP contribution in [0.3, 0.4) is 0 Å². The Labute approximate surface area is 211 Å². The monoisotopic (exact) mass is 533 g/mol. The van der Waals surface area contributed by atoms with Gasteiger partial charge in [0.05, 0.1) is 11.3 Å². The van der Waals surface area contributed by atoms with Crippen LogP contribution in [0.4, 0.5) is 10.5 Å². The van der Waals surface area contributed by atoms with Gasteiger partial charge in [0.1, 0.15) is 12.6 Å². The molecule has 35 heavy (non-hydrogen) atoms. The van der Waals surface area contributed by atoms with Gasteiger partial charge in [0.25, 0.3) is 5.91 Å². The number of primary amides is 1. The molecule has 3 aromatic rings. The van der Waals surface area contributed by atoms with Crippen LogP contribution in [0.2, 0.25) is 0 Å². The molecule has 0 bridgehead atoms. The lowest BCUT2D eigenvalue weighted by Crippen LogP contribution is -2.43. The van der Waals surface area contributed by atoms with Crippen molar-refractivity contribution in [1.29, 1.82) is 0 Å². The summed E-state index contributed by atoms with van der Waals surface area (Å²) in [6.07, 6.45) is 0.674. The quantitative estimate of drug-likeness (QED) is 0.486. The first-order chi connectivity index (χ1) is 16.9. The maximum absolute atomic E-state index is 13.1. The van der Waals surface area contributed by atoms with Crippen molar-refractivity contribution < 1.29 is 19.1 Å². The first-order valence-corrected chi connectivity index (χ1v) is 12.2. The van der Waals surface area contributed by atoms with E-state index < -0.39 is 18.0 Å². The highest BCUT2D eigenvalue weighted by Crippen LogP contribution is 2.44. The Hall–Kier alpha value is -3.65. The maximum atomic E-state index is 13.1. The molecule has 0 spiro atoms. The summed E-state index contributed by atoms with van der Waals surface area (Å²) in [6, 6.07) is 20.4. The van der Waals surface area contributed by atoms with E-state index in [-0.39, 0.29) is 24.0 Å². The van der Waals surface area contributed by atoms with Crippen LogP contribution in [0.1, 0.15) is 40.2 Å². The highest BCUT2D eigenvalue weighted by Gasteiger charge is 2.37. The van der Waals surface area contributed by atoms with Crippen LogP contribution in [0.25, 0.3) is 11.1 Å². The summed E-state index contributed by atoms with van der Waals surface area (Å²) >= 11 is 3.34. The number of carbonyl (C=O) groups excluding carboxylic acids is 3. The van der Waals surface area contributed by atoms with E-state index in [0.29, 0.717) is 29.5 Å². The van der Waals surface area contributed by atoms with Gasteiger partial charge in [-0.2, -0.15) is 0 Å². The van der Waals surface area contributed by atoms with Crippen molar-refractivity contribution in [2.45, 2.75) is 24.8 Å². The minimum atomic E-state index is -0.689. The van der Waals surface area contributed by atoms with Gasteiger partial charge < -0.3 is 15.8 Å². The zero-order valence-corrected chi connectivity index (χ0v) is 20.5. The highest BCUT2D eigenvalue weighted by atomic mass is 79.9. The highest BCUT2D eigenvalue weighted by molar-refractivity contribution is 9.10. The number of nitrogens with one attached hydrogen (secondary N) is 1. The number of nitrogens with zero attached hydrogens (tertiary/aromatic N) is 1. The Kier molecular flexibility index (Phi) is 6.30. The Bertz CT molecular complexity index is 1280. The number of halogens is 1. The molecule has 3 amide bonds. The Morgan fingerprint density at radius 2 is 1.66 bits per heavy atom. The molecule has 3 aromatic carbocycles. The van der Waals surface area contributed by atoms with E-state index >= 15 is 0 Å². The van der Waals surface area contributed by atoms with Crippen molar-refractivity contribution in [3.63, 3.8) is 0 Å². The smallest absolute Gasteiger partial charge is 0.410 e. The van der Waals surface area contributed by atoms with E-state index in [2.05, 4.69) is 45.5 Å². The van der Waals surface area contributed by atoms with Gasteiger partial charge in [0.15, 0.2) is 0 Å². The van der Waals surface area contributed by atoms with Crippen molar-refractivity contribution in [3.8, 4) is 11.1 Å². The van der Waals surface area contributed by atoms with E-state index in [9.17, 15) is 14.4 Å². The van der Waals surface area contributed by atoms with Crippen LogP contribution in [0.15, 0.2) is 71.2 Å². The maximum Gasteiger partial charge on any atom is 0.410 e. The SMILES string of the molecule is NC(=O)c1ccc(Br)cc1NC(=O)C1CCCN1C(=O)OCC1c2ccccc2-c2ccccc21. The largest absolute Gasteiger partial charge is 0.448 e. The van der Waals surface area contributed by atoms with Crippen LogP contribution in [-0.4, -0.2) is 42.0 Å². The predicted molar refractivity (Wildman–Crippen MR) is 136 cm³/mol. The van der Waals surface area contributed by atoms with Crippen LogP contribution in [0, 0.1) is 0 Å². The third-order valence-corrected chi connectivity index (χ3v) is 7.12. The van der Waals surface area contributed by atoms with E-state index in [0.717, 1.165) is 22.3 Å². The van der Waals surface area contributed by atoms with Crippen molar-refractivity contribution in [1.82, 2.24) is 4.90 Å². The minimum absolute atomic E-state index is 0.0546. The van der Waals surface area contributed by atoms with Crippen LogP contribution in [-0.2, 0) is 9.53 Å². The Morgan fingerprint density at radius 3 is 2.31 bits per heavy atom. The number of fused-ring (bicyclic) bond motifs is 3. The first-order valence-electron chi connectivity index (χ1n) is 11.5. The number of hydrogen-bond acceptors (Lipinski definition) is 4. The molecule has 1 aliphatic heterocycles. The van der Waals surface area contributed by atoms with Gasteiger partial charge in [-0.1, -0.05) is 64.5 Å². The summed E-state index contributed by atoms with van der Waals surface area (Å²) in [4.78, 5) is 39.4. The van der Waals surface area contributed by atoms with E-state index in [1.165, 1.54) is 4.90 Å². The summed E-state index contributed by atoms with van der Waals surface area (Å²) in [5.74, 6) is -1.08. The van der Waals surface area contributed by atoms with Crippen molar-refractivity contribution in [3.05, 3.63) is 87.9 Å². The number of benzene rings is 3. The number of hydrogen-bond donors (Lipinski definition) is 2. The normalized spacial score (nSPS) is 16.5. The molecule has 1 atom stereocenters. The fraction of sp³-hybridized carbons (Fsp3) is 0.222. The third-order valence-electron chi connectivity index (χ3n) is 6.63. The molecule has 2 aliphatic rings. The molecular formula is C27H24BrN3O4. The van der Waals surface area contributed by atoms with Crippen LogP contribution in [0.5, 0.6) is 0 Å². The van der Waals surface area contributed by atoms with Gasteiger partial charge >= 0.3 is 6.09 Å². The van der Waals surface area contributed by atoms with Crippen molar-refractivity contribution in [2.75, 3.05) is 18.5 Å². The molecule has 0 aromatic heterocycles. The van der Waals surface area contributed by atoms with Crippen LogP contribution < -0.4 is 11.1 Å². The summed E-state index contributed by atoms with van der Waals surface area (Å²) in [6.45, 7) is 0.616. The van der Waals surface area contributed by atoms with Crippen molar-refractivity contribution >= 4 is 39.5 Å². The number of nitrogens with two attached hydrogens (primary N) is 1. The summed E-state index contributed by atoms with van der Waals surface area (Å²) in [5, 5.41) is 2.76. The Morgan fingerprint density at radius 1 is 1.00 bits per heavy atom. The molecular weight excluding hydrogens is 510 g/mol. The van der Waals surface area contributed by atoms with Gasteiger partial charge in [-0.25, -0.2) is 4.79 Å². The number of likely N-dealkylation sites (tertiary alicyclic amines) is 1. The third kappa shape index (κ3) is 4.41. The number of anilines is 1. The van der Waals surface area contributed by atoms with E-state index in [1.54, 1.807) is 18.2 Å². The number of rotatable bonds is 5. The molecule has 178 valence electrons. The standard InChI is InChI=1S/C27H24BrN3O4/c28-16-11-12-21(25(29)32)23(14-16)30-26(33)24-10-5-13-31(24)27(34)35-15-22-19-8-3-1-6-17(19)18-7-2-4-9-20(18)22/h1-4,6-9,11-12,14,22,24H,5,10,13,15H2,(H2,29,32)(H,30,33). The second-order valence-electron chi connectivity index (χ2n) is 8.70. The molecule has 0 saturated carbocycles. The van der Waals surface area contributed by atoms with Gasteiger partial charge in [-0.3, -0.25) is 14.5 Å². The molecule has 1 saturated heterocycles. The molecule has 0 radical (unpaired) electrons. The number of amides is 3. The molecule has 1 fully saturated rings. The van der Waals surface area contributed by atoms with Crippen molar-refractivity contribution in [2.24, 2.45) is 5.73 Å². The fourth-order valence-corrected chi connectivity index (χ4v) is 5.35. The zero-order chi connectivity index (χ0) is 24.5. The lowest BCUT2D eigenvalue weighted by molar-refractivity contribution is -0.120. The topological polar surface area (TPSA) is 102 Å². The van der Waals surface area contributed by atoms with Gasteiger partial charge in [0, 0.05) is 16.9 Å². The lowest BCUT2D eigenvalue weighted by atomic mass is 9.98. The van der Waals surface area contributed by atoms with Gasteiger partial charge in [0.2, 0.25) is 5.91 Å². The molecule has 1 heterocycles. The second kappa shape index (κ2) is 9.54. The number of carbonyl (C=O) groups is 3. The minimum Gasteiger partial charge on any atom is -0.448 e. The summed E-state index contributed by atoms with van der Waals surface area (Å²) in [7, 11) is 0. The molecule has 5 rings (SSSR count). The van der Waals surface area contributed by atoms with E-state index in [4.69, 9.17) is 10.5 Å². The average molecular weight is 534 g/mol. The van der Waals surface area contributed by atoms with Gasteiger partial charge in [-0.15, -0.1) is 0 Å². The summed E-state index contributed by atoms with van der Waals surface area (Å²) < 4.78 is 6.45. The first kappa shape index (κ1) is 23.1. The predicted octanol–water partition coefficient (Wildman–Crippen LogP) is 4.90. The summed E-state index contributed by atoms with van der Waals surface area (Å²) in [5.41, 5.74) is 10.5.